The fourth-order valence-corrected chi connectivity index (χ4v) is 6.46. The Hall–Kier alpha value is -2.44. The lowest BCUT2D eigenvalue weighted by molar-refractivity contribution is 0.199. The fraction of sp³-hybridized carbons (Fsp3) is 0.417. The summed E-state index contributed by atoms with van der Waals surface area (Å²) in [7, 11) is -2.53. The van der Waals surface area contributed by atoms with Crippen molar-refractivity contribution in [2.75, 3.05) is 26.0 Å². The number of nitrogens with one attached hydrogen (secondary N) is 1. The van der Waals surface area contributed by atoms with Crippen LogP contribution in [0, 0.1) is 5.82 Å². The molecule has 0 bridgehead atoms. The van der Waals surface area contributed by atoms with Crippen LogP contribution >= 0.6 is 23.2 Å². The first-order valence-electron chi connectivity index (χ1n) is 11.7. The summed E-state index contributed by atoms with van der Waals surface area (Å²) in [5, 5.41) is -0.0485. The van der Waals surface area contributed by atoms with Crippen LogP contribution in [0.2, 0.25) is 10.0 Å². The molecule has 13 heteroatoms. The van der Waals surface area contributed by atoms with Gasteiger partial charge in [-0.05, 0) is 37.1 Å². The molecule has 200 valence electrons. The number of sulfone groups is 1. The highest BCUT2D eigenvalue weighted by molar-refractivity contribution is 7.91. The fourth-order valence-electron chi connectivity index (χ4n) is 4.67. The van der Waals surface area contributed by atoms with E-state index in [2.05, 4.69) is 4.98 Å². The first-order valence-corrected chi connectivity index (χ1v) is 14.1. The van der Waals surface area contributed by atoms with E-state index < -0.39 is 33.4 Å². The van der Waals surface area contributed by atoms with Crippen LogP contribution in [0.4, 0.5) is 4.39 Å². The topological polar surface area (TPSA) is 127 Å². The number of hydrogen-bond acceptors (Lipinski definition) is 7. The maximum Gasteiger partial charge on any atom is 0.329 e. The third-order valence-electron chi connectivity index (χ3n) is 6.53. The van der Waals surface area contributed by atoms with Gasteiger partial charge in [0.2, 0.25) is 0 Å². The molecule has 3 N–H and O–H groups in total. The summed E-state index contributed by atoms with van der Waals surface area (Å²) in [5.41, 5.74) is 4.61. The lowest BCUT2D eigenvalue weighted by atomic mass is 10.0. The minimum absolute atomic E-state index is 0.00854. The number of methoxy groups -OCH3 is 1. The Balaban J connectivity index is 1.83. The molecule has 0 aliphatic carbocycles. The number of likely N-dealkylation sites (tertiary alicyclic amines) is 1. The third-order valence-corrected chi connectivity index (χ3v) is 9.01. The molecule has 0 unspecified atom stereocenters. The molecule has 9 nitrogen and oxygen atoms in total. The van der Waals surface area contributed by atoms with Crippen molar-refractivity contribution in [1.29, 1.82) is 0 Å². The number of rotatable bonds is 7. The largest absolute Gasteiger partial charge is 0.495 e. The van der Waals surface area contributed by atoms with Gasteiger partial charge in [0, 0.05) is 35.8 Å². The van der Waals surface area contributed by atoms with Crippen molar-refractivity contribution >= 4 is 43.9 Å². The zero-order valence-electron chi connectivity index (χ0n) is 20.3. The van der Waals surface area contributed by atoms with Crippen molar-refractivity contribution in [3.63, 3.8) is 0 Å². The van der Waals surface area contributed by atoms with Crippen LogP contribution in [0.3, 0.4) is 0 Å². The molecule has 1 saturated heterocycles. The first-order chi connectivity index (χ1) is 17.5. The molecule has 1 atom stereocenters. The number of nitrogens with zero attached hydrogens (tertiary/aromatic N) is 2. The quantitative estimate of drug-likeness (QED) is 0.445. The number of fused-ring (bicyclic) bond motifs is 1. The second-order valence-corrected chi connectivity index (χ2v) is 12.1. The molecule has 1 fully saturated rings. The lowest BCUT2D eigenvalue weighted by Crippen LogP contribution is -2.42. The number of H-pyrrole nitrogens is 1. The molecule has 2 aromatic carbocycles. The predicted octanol–water partition coefficient (Wildman–Crippen LogP) is 2.91. The van der Waals surface area contributed by atoms with Gasteiger partial charge in [-0.15, -0.1) is 0 Å². The van der Waals surface area contributed by atoms with Gasteiger partial charge in [0.05, 0.1) is 35.3 Å². The van der Waals surface area contributed by atoms with Crippen LogP contribution in [0.1, 0.15) is 30.9 Å². The Kier molecular flexibility index (Phi) is 8.01. The van der Waals surface area contributed by atoms with Gasteiger partial charge in [0.1, 0.15) is 16.5 Å². The number of piperidine rings is 1. The van der Waals surface area contributed by atoms with E-state index in [1.165, 1.54) is 26.2 Å². The van der Waals surface area contributed by atoms with Gasteiger partial charge >= 0.3 is 5.69 Å². The summed E-state index contributed by atoms with van der Waals surface area (Å²) in [5.74, 6) is -0.941. The highest BCUT2D eigenvalue weighted by Gasteiger charge is 2.26. The number of aromatic nitrogens is 2. The average molecular weight is 573 g/mol. The van der Waals surface area contributed by atoms with Crippen molar-refractivity contribution in [3.05, 3.63) is 66.0 Å². The molecule has 0 radical (unpaired) electrons. The predicted molar refractivity (Wildman–Crippen MR) is 141 cm³/mol. The summed E-state index contributed by atoms with van der Waals surface area (Å²) in [6.45, 7) is 2.51. The van der Waals surface area contributed by atoms with Crippen LogP contribution in [0.25, 0.3) is 10.9 Å². The Morgan fingerprint density at radius 3 is 2.59 bits per heavy atom. The molecule has 2 heterocycles. The van der Waals surface area contributed by atoms with Crippen molar-refractivity contribution in [1.82, 2.24) is 14.5 Å². The summed E-state index contributed by atoms with van der Waals surface area (Å²) >= 11 is 12.6. The summed E-state index contributed by atoms with van der Waals surface area (Å²) in [6.07, 6.45) is 1.76. The summed E-state index contributed by atoms with van der Waals surface area (Å²) < 4.78 is 46.8. The van der Waals surface area contributed by atoms with Crippen LogP contribution < -0.4 is 21.7 Å². The molecule has 0 saturated carbocycles. The molecule has 37 heavy (non-hydrogen) atoms. The smallest absolute Gasteiger partial charge is 0.329 e. The van der Waals surface area contributed by atoms with Crippen LogP contribution in [-0.2, 0) is 22.9 Å². The van der Waals surface area contributed by atoms with E-state index in [4.69, 9.17) is 33.7 Å². The monoisotopic (exact) mass is 572 g/mol. The molecule has 0 amide bonds. The van der Waals surface area contributed by atoms with Gasteiger partial charge in [-0.3, -0.25) is 14.3 Å². The number of ether oxygens (including phenoxy) is 1. The number of halogens is 3. The van der Waals surface area contributed by atoms with Crippen LogP contribution in [-0.4, -0.2) is 54.9 Å². The van der Waals surface area contributed by atoms with E-state index >= 15 is 4.39 Å². The Bertz CT molecular complexity index is 1590. The highest BCUT2D eigenvalue weighted by Crippen LogP contribution is 2.33. The van der Waals surface area contributed by atoms with Crippen molar-refractivity contribution in [3.8, 4) is 5.75 Å². The Morgan fingerprint density at radius 1 is 1.22 bits per heavy atom. The second-order valence-electron chi connectivity index (χ2n) is 9.03. The Labute approximate surface area is 222 Å². The Morgan fingerprint density at radius 2 is 1.95 bits per heavy atom. The normalized spacial score (nSPS) is 16.9. The average Bonchev–Trinajstić information content (AvgIpc) is 2.84. The second kappa shape index (κ2) is 10.7. The van der Waals surface area contributed by atoms with Crippen molar-refractivity contribution in [2.45, 2.75) is 43.8 Å². The summed E-state index contributed by atoms with van der Waals surface area (Å²) in [4.78, 5) is 30.7. The number of benzene rings is 2. The molecule has 1 aromatic heterocycles. The van der Waals surface area contributed by atoms with Gasteiger partial charge in [0.15, 0.2) is 9.84 Å². The van der Waals surface area contributed by atoms with Crippen molar-refractivity contribution in [2.24, 2.45) is 5.73 Å². The number of nitrogens with two attached hydrogens (primary N) is 1. The zero-order chi connectivity index (χ0) is 27.1. The minimum Gasteiger partial charge on any atom is -0.495 e. The molecule has 4 rings (SSSR count). The standard InChI is InChI=1S/C24H27Cl2FN4O5S/c1-3-37(34,35)22-13(7-14(25)8-19(22)36-2)10-31-23(32)16-9-18(27)17(20(26)21(16)29-24(31)33)12-30-6-4-5-15(28)11-30/h7-9,15H,3-6,10-12,28H2,1-2H3,(H,29,33)/t15-/m1/s1. The van der Waals surface area contributed by atoms with E-state index in [0.717, 1.165) is 30.0 Å². The molecule has 1 aliphatic heterocycles. The van der Waals surface area contributed by atoms with Gasteiger partial charge < -0.3 is 15.5 Å². The number of aromatic amines is 1. The van der Waals surface area contributed by atoms with E-state index in [1.54, 1.807) is 0 Å². The third kappa shape index (κ3) is 5.42. The van der Waals surface area contributed by atoms with Crippen molar-refractivity contribution < 1.29 is 17.5 Å². The maximum absolute atomic E-state index is 15.2. The van der Waals surface area contributed by atoms with E-state index in [0.29, 0.717) is 6.54 Å². The van der Waals surface area contributed by atoms with E-state index in [1.807, 2.05) is 4.90 Å². The molecular weight excluding hydrogens is 546 g/mol. The van der Waals surface area contributed by atoms with Gasteiger partial charge in [-0.1, -0.05) is 30.1 Å². The molecule has 0 spiro atoms. The number of hydrogen-bond donors (Lipinski definition) is 2. The van der Waals surface area contributed by atoms with E-state index in [9.17, 15) is 18.0 Å². The van der Waals surface area contributed by atoms with Crippen LogP contribution in [0.15, 0.2) is 32.7 Å². The zero-order valence-corrected chi connectivity index (χ0v) is 22.6. The SMILES string of the molecule is CCS(=O)(=O)c1c(Cn2c(=O)[nH]c3c(Cl)c(CN4CCC[C@@H](N)C4)c(F)cc3c2=O)cc(Cl)cc1OC. The minimum atomic E-state index is -3.82. The maximum atomic E-state index is 15.2. The summed E-state index contributed by atoms with van der Waals surface area (Å²) in [6, 6.07) is 3.71. The van der Waals surface area contributed by atoms with Gasteiger partial charge in [-0.25, -0.2) is 17.6 Å². The highest BCUT2D eigenvalue weighted by atomic mass is 35.5. The lowest BCUT2D eigenvalue weighted by Gasteiger charge is -2.31. The van der Waals surface area contributed by atoms with Gasteiger partial charge in [-0.2, -0.15) is 0 Å². The molecular formula is C24H27Cl2FN4O5S. The first kappa shape index (κ1) is 27.6. The van der Waals surface area contributed by atoms with Gasteiger partial charge in [0.25, 0.3) is 5.56 Å². The molecule has 1 aliphatic rings. The molecule has 3 aromatic rings. The van der Waals surface area contributed by atoms with E-state index in [-0.39, 0.29) is 61.1 Å². The van der Waals surface area contributed by atoms with Crippen LogP contribution in [0.5, 0.6) is 5.75 Å².